The lowest BCUT2D eigenvalue weighted by molar-refractivity contribution is 0.224. The van der Waals surface area contributed by atoms with Crippen LogP contribution >= 0.6 is 0 Å². The molecule has 1 fully saturated rings. The summed E-state index contributed by atoms with van der Waals surface area (Å²) in [6.07, 6.45) is 7.34. The van der Waals surface area contributed by atoms with Crippen molar-refractivity contribution >= 4 is 5.84 Å². The molecule has 0 aromatic rings. The van der Waals surface area contributed by atoms with E-state index in [0.717, 1.165) is 18.8 Å². The van der Waals surface area contributed by atoms with Crippen LogP contribution in [0.5, 0.6) is 0 Å². The van der Waals surface area contributed by atoms with E-state index < -0.39 is 0 Å². The van der Waals surface area contributed by atoms with Gasteiger partial charge in [-0.3, -0.25) is 5.41 Å². The molecule has 1 heterocycles. The summed E-state index contributed by atoms with van der Waals surface area (Å²) >= 11 is 0. The van der Waals surface area contributed by atoms with Crippen molar-refractivity contribution in [3.63, 3.8) is 0 Å². The van der Waals surface area contributed by atoms with Gasteiger partial charge in [-0.05, 0) is 25.7 Å². The highest BCUT2D eigenvalue weighted by atomic mass is 15.2. The van der Waals surface area contributed by atoms with Crippen molar-refractivity contribution in [2.24, 2.45) is 0 Å². The summed E-state index contributed by atoms with van der Waals surface area (Å²) in [5.41, 5.74) is 0. The van der Waals surface area contributed by atoms with Gasteiger partial charge in [0.2, 0.25) is 0 Å². The van der Waals surface area contributed by atoms with E-state index in [2.05, 4.69) is 18.7 Å². The Morgan fingerprint density at radius 2 is 2.15 bits per heavy atom. The lowest BCUT2D eigenvalue weighted by Gasteiger charge is -2.37. The van der Waals surface area contributed by atoms with E-state index in [9.17, 15) is 0 Å². The smallest absolute Gasteiger partial charge is 0.0957 e. The van der Waals surface area contributed by atoms with Gasteiger partial charge in [0.1, 0.15) is 0 Å². The highest BCUT2D eigenvalue weighted by molar-refractivity contribution is 5.79. The van der Waals surface area contributed by atoms with Crippen molar-refractivity contribution in [1.82, 2.24) is 4.90 Å². The molecular formula is C11H22N2. The molecule has 0 radical (unpaired) electrons. The van der Waals surface area contributed by atoms with Crippen molar-refractivity contribution in [2.45, 2.75) is 58.4 Å². The van der Waals surface area contributed by atoms with Crippen molar-refractivity contribution in [1.29, 1.82) is 5.41 Å². The van der Waals surface area contributed by atoms with Gasteiger partial charge in [0.15, 0.2) is 0 Å². The number of nitrogens with zero attached hydrogens (tertiary/aromatic N) is 1. The Balaban J connectivity index is 2.50. The average Bonchev–Trinajstić information content (AvgIpc) is 2.18. The van der Waals surface area contributed by atoms with Gasteiger partial charge in [-0.15, -0.1) is 0 Å². The number of hydrogen-bond donors (Lipinski definition) is 1. The summed E-state index contributed by atoms with van der Waals surface area (Å²) in [4.78, 5) is 2.33. The fraction of sp³-hybridized carbons (Fsp3) is 0.909. The van der Waals surface area contributed by atoms with Crippen LogP contribution in [-0.2, 0) is 0 Å². The van der Waals surface area contributed by atoms with E-state index in [1.54, 1.807) is 0 Å². The molecule has 76 valence electrons. The van der Waals surface area contributed by atoms with Gasteiger partial charge in [-0.1, -0.05) is 20.3 Å². The Labute approximate surface area is 81.8 Å². The second-order valence-corrected chi connectivity index (χ2v) is 3.93. The zero-order valence-corrected chi connectivity index (χ0v) is 8.97. The van der Waals surface area contributed by atoms with Gasteiger partial charge in [-0.2, -0.15) is 0 Å². The topological polar surface area (TPSA) is 27.1 Å². The lowest BCUT2D eigenvalue weighted by Crippen LogP contribution is -2.43. The molecule has 13 heavy (non-hydrogen) atoms. The Morgan fingerprint density at radius 1 is 1.38 bits per heavy atom. The van der Waals surface area contributed by atoms with Crippen molar-refractivity contribution in [3.05, 3.63) is 0 Å². The monoisotopic (exact) mass is 182 g/mol. The molecule has 1 N–H and O–H groups in total. The quantitative estimate of drug-likeness (QED) is 0.527. The van der Waals surface area contributed by atoms with Crippen molar-refractivity contribution < 1.29 is 0 Å². The molecule has 1 atom stereocenters. The SMILES string of the molecule is CCCC1CCCCN1C(=N)CC. The Morgan fingerprint density at radius 3 is 2.77 bits per heavy atom. The molecule has 1 rings (SSSR count). The minimum absolute atomic E-state index is 0.672. The highest BCUT2D eigenvalue weighted by Gasteiger charge is 2.22. The van der Waals surface area contributed by atoms with E-state index in [1.165, 1.54) is 32.1 Å². The number of rotatable bonds is 3. The van der Waals surface area contributed by atoms with Gasteiger partial charge in [0.05, 0.1) is 5.84 Å². The molecule has 0 bridgehead atoms. The van der Waals surface area contributed by atoms with E-state index in [4.69, 9.17) is 5.41 Å². The first-order valence-electron chi connectivity index (χ1n) is 5.63. The van der Waals surface area contributed by atoms with E-state index in [-0.39, 0.29) is 0 Å². The summed E-state index contributed by atoms with van der Waals surface area (Å²) in [6, 6.07) is 0.672. The average molecular weight is 182 g/mol. The molecule has 0 saturated carbocycles. The van der Waals surface area contributed by atoms with E-state index in [0.29, 0.717) is 6.04 Å². The van der Waals surface area contributed by atoms with Crippen LogP contribution < -0.4 is 0 Å². The number of piperidine rings is 1. The second-order valence-electron chi connectivity index (χ2n) is 3.93. The predicted octanol–water partition coefficient (Wildman–Crippen LogP) is 3.03. The van der Waals surface area contributed by atoms with Crippen LogP contribution in [-0.4, -0.2) is 23.3 Å². The zero-order valence-electron chi connectivity index (χ0n) is 8.97. The Kier molecular flexibility index (Phi) is 4.26. The third-order valence-corrected chi connectivity index (χ3v) is 2.93. The molecule has 2 nitrogen and oxygen atoms in total. The molecule has 1 unspecified atom stereocenters. The molecule has 1 aliphatic heterocycles. The van der Waals surface area contributed by atoms with Crippen LogP contribution in [0.3, 0.4) is 0 Å². The standard InChI is InChI=1S/C11H22N2/c1-3-7-10-8-5-6-9-13(10)11(12)4-2/h10,12H,3-9H2,1-2H3. The van der Waals surface area contributed by atoms with Gasteiger partial charge < -0.3 is 4.90 Å². The van der Waals surface area contributed by atoms with Crippen LogP contribution in [0.25, 0.3) is 0 Å². The molecule has 0 aromatic heterocycles. The molecule has 2 heteroatoms. The van der Waals surface area contributed by atoms with Crippen LogP contribution in [0.15, 0.2) is 0 Å². The summed E-state index contributed by atoms with van der Waals surface area (Å²) in [6.45, 7) is 5.44. The molecule has 0 amide bonds. The molecule has 1 aliphatic rings. The van der Waals surface area contributed by atoms with Gasteiger partial charge >= 0.3 is 0 Å². The van der Waals surface area contributed by atoms with Gasteiger partial charge in [-0.25, -0.2) is 0 Å². The summed E-state index contributed by atoms with van der Waals surface area (Å²) in [5, 5.41) is 7.87. The second kappa shape index (κ2) is 5.25. The minimum Gasteiger partial charge on any atom is -0.358 e. The Hall–Kier alpha value is -0.530. The number of likely N-dealkylation sites (tertiary alicyclic amines) is 1. The molecular weight excluding hydrogens is 160 g/mol. The summed E-state index contributed by atoms with van der Waals surface area (Å²) < 4.78 is 0. The molecule has 0 aliphatic carbocycles. The normalized spacial score (nSPS) is 23.2. The van der Waals surface area contributed by atoms with E-state index >= 15 is 0 Å². The summed E-state index contributed by atoms with van der Waals surface area (Å²) in [7, 11) is 0. The van der Waals surface area contributed by atoms with Crippen LogP contribution in [0.4, 0.5) is 0 Å². The first-order chi connectivity index (χ1) is 6.29. The maximum absolute atomic E-state index is 7.87. The predicted molar refractivity (Wildman–Crippen MR) is 57.3 cm³/mol. The van der Waals surface area contributed by atoms with Gasteiger partial charge in [0, 0.05) is 19.0 Å². The summed E-state index contributed by atoms with van der Waals surface area (Å²) in [5.74, 6) is 0.846. The molecule has 0 spiro atoms. The number of amidine groups is 1. The van der Waals surface area contributed by atoms with Crippen molar-refractivity contribution in [2.75, 3.05) is 6.54 Å². The largest absolute Gasteiger partial charge is 0.358 e. The third kappa shape index (κ3) is 2.71. The maximum Gasteiger partial charge on any atom is 0.0957 e. The third-order valence-electron chi connectivity index (χ3n) is 2.93. The number of hydrogen-bond acceptors (Lipinski definition) is 1. The van der Waals surface area contributed by atoms with Gasteiger partial charge in [0.25, 0.3) is 0 Å². The first kappa shape index (κ1) is 10.6. The fourth-order valence-corrected chi connectivity index (χ4v) is 2.19. The molecule has 0 aromatic carbocycles. The van der Waals surface area contributed by atoms with Crippen molar-refractivity contribution in [3.8, 4) is 0 Å². The minimum atomic E-state index is 0.672. The molecule has 1 saturated heterocycles. The maximum atomic E-state index is 7.87. The van der Waals surface area contributed by atoms with Crippen LogP contribution in [0, 0.1) is 5.41 Å². The first-order valence-corrected chi connectivity index (χ1v) is 5.63. The zero-order chi connectivity index (χ0) is 9.68. The lowest BCUT2D eigenvalue weighted by atomic mass is 9.98. The number of nitrogens with one attached hydrogen (secondary N) is 1. The van der Waals surface area contributed by atoms with Crippen LogP contribution in [0.1, 0.15) is 52.4 Å². The fourth-order valence-electron chi connectivity index (χ4n) is 2.19. The Bertz CT molecular complexity index is 163. The highest BCUT2D eigenvalue weighted by Crippen LogP contribution is 2.21. The van der Waals surface area contributed by atoms with E-state index in [1.807, 2.05) is 0 Å². The van der Waals surface area contributed by atoms with Crippen LogP contribution in [0.2, 0.25) is 0 Å².